The molecule has 1 saturated heterocycles. The van der Waals surface area contributed by atoms with Crippen molar-refractivity contribution in [1.29, 1.82) is 0 Å². The quantitative estimate of drug-likeness (QED) is 0.535. The van der Waals surface area contributed by atoms with E-state index in [1.165, 1.54) is 29.6 Å². The summed E-state index contributed by atoms with van der Waals surface area (Å²) in [6, 6.07) is 4.18. The minimum absolute atomic E-state index is 0.0309. The number of rotatable bonds is 7. The summed E-state index contributed by atoms with van der Waals surface area (Å²) >= 11 is 0. The predicted octanol–water partition coefficient (Wildman–Crippen LogP) is 0.509. The number of methoxy groups -OCH3 is 1. The van der Waals surface area contributed by atoms with Gasteiger partial charge in [0.05, 0.1) is 30.4 Å². The number of nitro groups is 1. The molecule has 11 heteroatoms. The predicted molar refractivity (Wildman–Crippen MR) is 95.8 cm³/mol. The Hall–Kier alpha value is -2.24. The number of carbonyl (C=O) groups is 1. The Balaban J connectivity index is 1.95. The first-order chi connectivity index (χ1) is 12.3. The van der Waals surface area contributed by atoms with Crippen molar-refractivity contribution in [2.75, 3.05) is 50.9 Å². The van der Waals surface area contributed by atoms with Crippen molar-refractivity contribution in [3.8, 4) is 5.75 Å². The molecule has 26 heavy (non-hydrogen) atoms. The van der Waals surface area contributed by atoms with Crippen molar-refractivity contribution in [2.24, 2.45) is 0 Å². The highest BCUT2D eigenvalue weighted by molar-refractivity contribution is 7.89. The topological polar surface area (TPSA) is 122 Å². The van der Waals surface area contributed by atoms with Crippen LogP contribution in [0.1, 0.15) is 6.92 Å². The van der Waals surface area contributed by atoms with E-state index >= 15 is 0 Å². The average Bonchev–Trinajstić information content (AvgIpc) is 2.62. The number of ether oxygens (including phenoxy) is 1. The molecule has 0 unspecified atom stereocenters. The van der Waals surface area contributed by atoms with Gasteiger partial charge in [-0.15, -0.1) is 0 Å². The first kappa shape index (κ1) is 20.1. The summed E-state index contributed by atoms with van der Waals surface area (Å²) in [6.07, 6.45) is 0. The van der Waals surface area contributed by atoms with E-state index < -0.39 is 20.9 Å². The van der Waals surface area contributed by atoms with Crippen LogP contribution < -0.4 is 10.1 Å². The maximum Gasteiger partial charge on any atom is 0.296 e. The van der Waals surface area contributed by atoms with Gasteiger partial charge in [0, 0.05) is 26.2 Å². The Kier molecular flexibility index (Phi) is 6.51. The van der Waals surface area contributed by atoms with Crippen LogP contribution in [0, 0.1) is 10.1 Å². The Morgan fingerprint density at radius 2 is 1.96 bits per heavy atom. The summed E-state index contributed by atoms with van der Waals surface area (Å²) < 4.78 is 30.0. The van der Waals surface area contributed by atoms with Crippen LogP contribution in [0.15, 0.2) is 18.2 Å². The van der Waals surface area contributed by atoms with Crippen LogP contribution in [-0.2, 0) is 14.8 Å². The molecule has 1 aromatic rings. The molecule has 144 valence electrons. The first-order valence-corrected chi connectivity index (χ1v) is 9.70. The van der Waals surface area contributed by atoms with Crippen LogP contribution in [0.3, 0.4) is 0 Å². The van der Waals surface area contributed by atoms with Crippen molar-refractivity contribution < 1.29 is 22.9 Å². The number of carbonyl (C=O) groups excluding carboxylic acids is 1. The molecule has 1 aliphatic heterocycles. The molecule has 1 fully saturated rings. The number of benzene rings is 1. The normalized spacial score (nSPS) is 16.2. The minimum Gasteiger partial charge on any atom is -0.496 e. The van der Waals surface area contributed by atoms with Gasteiger partial charge >= 0.3 is 0 Å². The van der Waals surface area contributed by atoms with E-state index in [0.29, 0.717) is 31.9 Å². The average molecular weight is 386 g/mol. The van der Waals surface area contributed by atoms with Gasteiger partial charge in [-0.1, -0.05) is 0 Å². The van der Waals surface area contributed by atoms with Crippen molar-refractivity contribution in [2.45, 2.75) is 6.92 Å². The summed E-state index contributed by atoms with van der Waals surface area (Å²) in [7, 11) is -1.83. The summed E-state index contributed by atoms with van der Waals surface area (Å²) in [6.45, 7) is 3.13. The molecule has 1 amide bonds. The highest BCUT2D eigenvalue weighted by Crippen LogP contribution is 2.28. The molecule has 0 aromatic heterocycles. The number of hydrogen-bond donors (Lipinski definition) is 1. The minimum atomic E-state index is -3.22. The number of nitro benzene ring substituents is 1. The van der Waals surface area contributed by atoms with Crippen molar-refractivity contribution in [3.05, 3.63) is 28.3 Å². The van der Waals surface area contributed by atoms with Gasteiger partial charge < -0.3 is 10.1 Å². The monoisotopic (exact) mass is 386 g/mol. The van der Waals surface area contributed by atoms with E-state index in [-0.39, 0.29) is 23.7 Å². The Labute approximate surface area is 151 Å². The molecule has 1 aliphatic rings. The van der Waals surface area contributed by atoms with Crippen LogP contribution in [0.4, 0.5) is 11.4 Å². The molecule has 1 heterocycles. The molecule has 0 spiro atoms. The highest BCUT2D eigenvalue weighted by atomic mass is 32.2. The molecule has 1 N–H and O–H groups in total. The standard InChI is InChI=1S/C15H22N4O6S/c1-3-26(23,24)18-8-6-17(7-9-18)11-15(20)16-13-5-4-12(25-2)10-14(13)19(21)22/h4-5,10H,3,6-9,11H2,1-2H3,(H,16,20). The van der Waals surface area contributed by atoms with Crippen molar-refractivity contribution in [1.82, 2.24) is 9.21 Å². The number of sulfonamides is 1. The van der Waals surface area contributed by atoms with Gasteiger partial charge in [0.1, 0.15) is 11.4 Å². The molecular formula is C15H22N4O6S. The number of nitrogens with zero attached hydrogens (tertiary/aromatic N) is 3. The molecule has 0 saturated carbocycles. The molecule has 0 bridgehead atoms. The summed E-state index contributed by atoms with van der Waals surface area (Å²) in [5, 5.41) is 13.7. The molecule has 0 aliphatic carbocycles. The zero-order valence-corrected chi connectivity index (χ0v) is 15.5. The fourth-order valence-electron chi connectivity index (χ4n) is 2.64. The lowest BCUT2D eigenvalue weighted by atomic mass is 10.2. The smallest absolute Gasteiger partial charge is 0.296 e. The van der Waals surface area contributed by atoms with Crippen LogP contribution >= 0.6 is 0 Å². The molecular weight excluding hydrogens is 364 g/mol. The SMILES string of the molecule is CCS(=O)(=O)N1CCN(CC(=O)Nc2ccc(OC)cc2[N+](=O)[O-])CC1. The largest absolute Gasteiger partial charge is 0.496 e. The van der Waals surface area contributed by atoms with E-state index in [4.69, 9.17) is 4.74 Å². The van der Waals surface area contributed by atoms with E-state index in [2.05, 4.69) is 5.32 Å². The van der Waals surface area contributed by atoms with Crippen LogP contribution in [0.2, 0.25) is 0 Å². The summed E-state index contributed by atoms with van der Waals surface area (Å²) in [5.41, 5.74) is -0.162. The summed E-state index contributed by atoms with van der Waals surface area (Å²) in [5.74, 6) is -0.0257. The summed E-state index contributed by atoms with van der Waals surface area (Å²) in [4.78, 5) is 24.6. The number of piperazine rings is 1. The number of nitrogens with one attached hydrogen (secondary N) is 1. The lowest BCUT2D eigenvalue weighted by Gasteiger charge is -2.33. The second-order valence-corrected chi connectivity index (χ2v) is 8.02. The van der Waals surface area contributed by atoms with E-state index in [1.807, 2.05) is 4.90 Å². The van der Waals surface area contributed by atoms with Gasteiger partial charge in [-0.05, 0) is 19.1 Å². The van der Waals surface area contributed by atoms with Gasteiger partial charge in [0.2, 0.25) is 15.9 Å². The van der Waals surface area contributed by atoms with Gasteiger partial charge in [0.25, 0.3) is 5.69 Å². The number of anilines is 1. The molecule has 0 radical (unpaired) electrons. The van der Waals surface area contributed by atoms with Gasteiger partial charge in [-0.2, -0.15) is 4.31 Å². The third-order valence-electron chi connectivity index (χ3n) is 4.13. The zero-order chi connectivity index (χ0) is 19.3. The van der Waals surface area contributed by atoms with Gasteiger partial charge in [-0.25, -0.2) is 8.42 Å². The molecule has 2 rings (SSSR count). The van der Waals surface area contributed by atoms with Crippen molar-refractivity contribution in [3.63, 3.8) is 0 Å². The molecule has 10 nitrogen and oxygen atoms in total. The molecule has 0 atom stereocenters. The van der Waals surface area contributed by atoms with E-state index in [1.54, 1.807) is 6.92 Å². The lowest BCUT2D eigenvalue weighted by Crippen LogP contribution is -2.50. The fourth-order valence-corrected chi connectivity index (χ4v) is 3.72. The lowest BCUT2D eigenvalue weighted by molar-refractivity contribution is -0.384. The number of hydrogen-bond acceptors (Lipinski definition) is 7. The van der Waals surface area contributed by atoms with E-state index in [0.717, 1.165) is 0 Å². The van der Waals surface area contributed by atoms with Crippen molar-refractivity contribution >= 4 is 27.3 Å². The third-order valence-corrected chi connectivity index (χ3v) is 6.01. The van der Waals surface area contributed by atoms with Crippen LogP contribution in [0.5, 0.6) is 5.75 Å². The second-order valence-electron chi connectivity index (χ2n) is 5.76. The zero-order valence-electron chi connectivity index (χ0n) is 14.7. The highest BCUT2D eigenvalue weighted by Gasteiger charge is 2.26. The molecule has 1 aromatic carbocycles. The van der Waals surface area contributed by atoms with Crippen LogP contribution in [-0.4, -0.2) is 74.0 Å². The van der Waals surface area contributed by atoms with Gasteiger partial charge in [0.15, 0.2) is 0 Å². The maximum absolute atomic E-state index is 12.2. The third kappa shape index (κ3) is 4.90. The van der Waals surface area contributed by atoms with Gasteiger partial charge in [-0.3, -0.25) is 19.8 Å². The maximum atomic E-state index is 12.2. The fraction of sp³-hybridized carbons (Fsp3) is 0.533. The number of amides is 1. The van der Waals surface area contributed by atoms with Crippen LogP contribution in [0.25, 0.3) is 0 Å². The van der Waals surface area contributed by atoms with E-state index in [9.17, 15) is 23.3 Å². The second kappa shape index (κ2) is 8.43. The Bertz CT molecular complexity index is 774. The first-order valence-electron chi connectivity index (χ1n) is 8.09. The Morgan fingerprint density at radius 3 is 2.50 bits per heavy atom. The Morgan fingerprint density at radius 1 is 1.31 bits per heavy atom.